The van der Waals surface area contributed by atoms with Crippen LogP contribution in [0, 0.1) is 36.4 Å². The van der Waals surface area contributed by atoms with Gasteiger partial charge in [0.2, 0.25) is 5.91 Å². The molecule has 1 N–H and O–H groups in total. The highest BCUT2D eigenvalue weighted by atomic mass is 35.5. The van der Waals surface area contributed by atoms with Crippen LogP contribution >= 0.6 is 11.6 Å². The largest absolute Gasteiger partial charge is 0.342 e. The molecule has 5 rings (SSSR count). The molecule has 2 amide bonds. The zero-order valence-corrected chi connectivity index (χ0v) is 20.7. The first-order chi connectivity index (χ1) is 17.3. The minimum atomic E-state index is -0.388. The number of likely N-dealkylation sites (tertiary alicyclic amines) is 1. The second-order valence-corrected chi connectivity index (χ2v) is 9.84. The van der Waals surface area contributed by atoms with Gasteiger partial charge >= 0.3 is 0 Å². The minimum absolute atomic E-state index is 0.0486. The predicted octanol–water partition coefficient (Wildman–Crippen LogP) is 4.46. The third-order valence-corrected chi connectivity index (χ3v) is 7.29. The quantitative estimate of drug-likeness (QED) is 0.533. The molecule has 2 aliphatic rings. The summed E-state index contributed by atoms with van der Waals surface area (Å²) in [6.07, 6.45) is 4.72. The number of carbonyl (C=O) groups excluding carboxylic acids is 2. The maximum absolute atomic E-state index is 13.8. The molecule has 1 unspecified atom stereocenters. The maximum Gasteiger partial charge on any atom is 0.276 e. The smallest absolute Gasteiger partial charge is 0.276 e. The van der Waals surface area contributed by atoms with Crippen LogP contribution in [0.25, 0.3) is 0 Å². The highest BCUT2D eigenvalue weighted by molar-refractivity contribution is 6.34. The molecule has 3 atom stereocenters. The van der Waals surface area contributed by atoms with Crippen molar-refractivity contribution in [3.63, 3.8) is 0 Å². The number of nitrogens with zero attached hydrogens (tertiary/aromatic N) is 4. The number of pyridine rings is 1. The summed E-state index contributed by atoms with van der Waals surface area (Å²) in [5, 5.41) is 7.53. The lowest BCUT2D eigenvalue weighted by Gasteiger charge is -2.19. The van der Waals surface area contributed by atoms with E-state index in [-0.39, 0.29) is 28.7 Å². The lowest BCUT2D eigenvalue weighted by Crippen LogP contribution is -2.28. The summed E-state index contributed by atoms with van der Waals surface area (Å²) in [5.74, 6) is 6.25. The number of benzene rings is 1. The Balaban J connectivity index is 1.30. The van der Waals surface area contributed by atoms with Gasteiger partial charge in [0.05, 0.1) is 22.8 Å². The van der Waals surface area contributed by atoms with Gasteiger partial charge in [0.15, 0.2) is 0 Å². The van der Waals surface area contributed by atoms with Gasteiger partial charge in [-0.05, 0) is 55.4 Å². The monoisotopic (exact) mass is 505 g/mol. The molecule has 1 saturated heterocycles. The number of aryl methyl sites for hydroxylation is 1. The molecule has 1 aromatic carbocycles. The van der Waals surface area contributed by atoms with Crippen LogP contribution in [0.3, 0.4) is 0 Å². The van der Waals surface area contributed by atoms with Gasteiger partial charge in [-0.1, -0.05) is 35.6 Å². The molecule has 3 aromatic rings. The molecule has 2 aromatic heterocycles. The fraction of sp³-hybridized carbons (Fsp3) is 0.333. The molecular weight excluding hydrogens is 481 g/mol. The molecule has 1 saturated carbocycles. The molecule has 1 aliphatic heterocycles. The second-order valence-electron chi connectivity index (χ2n) is 9.43. The van der Waals surface area contributed by atoms with Crippen molar-refractivity contribution in [2.24, 2.45) is 11.8 Å². The summed E-state index contributed by atoms with van der Waals surface area (Å²) < 4.78 is 15.5. The fourth-order valence-corrected chi connectivity index (χ4v) is 5.41. The van der Waals surface area contributed by atoms with Crippen LogP contribution < -0.4 is 5.32 Å². The van der Waals surface area contributed by atoms with Crippen LogP contribution in [0.4, 0.5) is 10.2 Å². The number of rotatable bonds is 3. The molecule has 0 bridgehead atoms. The normalized spacial score (nSPS) is 20.6. The van der Waals surface area contributed by atoms with Gasteiger partial charge in [-0.15, -0.1) is 0 Å². The van der Waals surface area contributed by atoms with Gasteiger partial charge in [0.25, 0.3) is 5.91 Å². The zero-order chi connectivity index (χ0) is 25.4. The summed E-state index contributed by atoms with van der Waals surface area (Å²) in [7, 11) is 0. The summed E-state index contributed by atoms with van der Waals surface area (Å²) in [6.45, 7) is 4.92. The average Bonchev–Trinajstić information content (AvgIpc) is 3.53. The average molecular weight is 506 g/mol. The second kappa shape index (κ2) is 9.75. The lowest BCUT2D eigenvalue weighted by molar-refractivity contribution is -0.128. The van der Waals surface area contributed by atoms with Crippen molar-refractivity contribution in [2.75, 3.05) is 18.4 Å². The molecule has 9 heteroatoms. The van der Waals surface area contributed by atoms with Crippen molar-refractivity contribution < 1.29 is 14.0 Å². The molecule has 3 heterocycles. The first-order valence-electron chi connectivity index (χ1n) is 11.8. The van der Waals surface area contributed by atoms with E-state index in [1.165, 1.54) is 18.5 Å². The zero-order valence-electron chi connectivity index (χ0n) is 20.0. The van der Waals surface area contributed by atoms with Crippen molar-refractivity contribution in [1.29, 1.82) is 0 Å². The number of amides is 2. The van der Waals surface area contributed by atoms with Gasteiger partial charge in [-0.3, -0.25) is 14.3 Å². The Labute approximate surface area is 213 Å². The number of halogens is 2. The van der Waals surface area contributed by atoms with Crippen LogP contribution in [-0.4, -0.2) is 44.6 Å². The highest BCUT2D eigenvalue weighted by Gasteiger charge is 2.43. The number of carbonyl (C=O) groups is 2. The summed E-state index contributed by atoms with van der Waals surface area (Å²) in [4.78, 5) is 31.2. The van der Waals surface area contributed by atoms with E-state index in [1.54, 1.807) is 35.9 Å². The van der Waals surface area contributed by atoms with Gasteiger partial charge < -0.3 is 10.2 Å². The van der Waals surface area contributed by atoms with Crippen molar-refractivity contribution in [2.45, 2.75) is 32.7 Å². The SMILES string of the molecule is CC(=O)N1C[C@H]2CC(n3ncc(Cl)c3C(=O)Nc3ncc(C#Cc4ccccc4F)cc3C)C[C@H]2C1. The van der Waals surface area contributed by atoms with E-state index in [2.05, 4.69) is 27.2 Å². The van der Waals surface area contributed by atoms with Crippen LogP contribution in [0.5, 0.6) is 0 Å². The number of hydrogen-bond acceptors (Lipinski definition) is 4. The molecule has 2 fully saturated rings. The van der Waals surface area contributed by atoms with E-state index in [9.17, 15) is 14.0 Å². The highest BCUT2D eigenvalue weighted by Crippen LogP contribution is 2.44. The van der Waals surface area contributed by atoms with E-state index >= 15 is 0 Å². The standard InChI is InChI=1S/C27H25ClFN5O2/c1-16-9-18(7-8-19-5-3-4-6-24(19)29)12-30-26(16)32-27(36)25-23(28)13-31-34(25)22-10-20-14-33(17(2)35)15-21(20)11-22/h3-6,9,12-13,20-22H,10-11,14-15H2,1-2H3,(H,30,32,36)/t20-,21+,22?. The topological polar surface area (TPSA) is 80.1 Å². The van der Waals surface area contributed by atoms with Crippen LogP contribution in [-0.2, 0) is 4.79 Å². The van der Waals surface area contributed by atoms with E-state index in [0.717, 1.165) is 25.9 Å². The van der Waals surface area contributed by atoms with Gasteiger partial charge in [0, 0.05) is 31.8 Å². The molecule has 36 heavy (non-hydrogen) atoms. The van der Waals surface area contributed by atoms with E-state index in [1.807, 2.05) is 11.8 Å². The summed E-state index contributed by atoms with van der Waals surface area (Å²) in [6, 6.07) is 8.15. The van der Waals surface area contributed by atoms with Crippen molar-refractivity contribution in [1.82, 2.24) is 19.7 Å². The number of anilines is 1. The molecule has 0 radical (unpaired) electrons. The van der Waals surface area contributed by atoms with Gasteiger partial charge in [-0.25, -0.2) is 9.37 Å². The fourth-order valence-electron chi connectivity index (χ4n) is 5.20. The third-order valence-electron chi connectivity index (χ3n) is 7.01. The third kappa shape index (κ3) is 4.71. The predicted molar refractivity (Wildman–Crippen MR) is 134 cm³/mol. The number of aromatic nitrogens is 3. The first-order valence-corrected chi connectivity index (χ1v) is 12.2. The number of fused-ring (bicyclic) bond motifs is 1. The van der Waals surface area contributed by atoms with E-state index in [0.29, 0.717) is 40.0 Å². The Morgan fingerprint density at radius 3 is 2.53 bits per heavy atom. The minimum Gasteiger partial charge on any atom is -0.342 e. The summed E-state index contributed by atoms with van der Waals surface area (Å²) in [5.41, 5.74) is 1.93. The molecule has 184 valence electrons. The van der Waals surface area contributed by atoms with Crippen LogP contribution in [0.2, 0.25) is 5.02 Å². The maximum atomic E-state index is 13.8. The van der Waals surface area contributed by atoms with E-state index < -0.39 is 0 Å². The van der Waals surface area contributed by atoms with Crippen molar-refractivity contribution in [3.05, 3.63) is 75.9 Å². The van der Waals surface area contributed by atoms with Crippen molar-refractivity contribution in [3.8, 4) is 11.8 Å². The van der Waals surface area contributed by atoms with E-state index in [4.69, 9.17) is 11.6 Å². The Morgan fingerprint density at radius 1 is 1.14 bits per heavy atom. The van der Waals surface area contributed by atoms with Gasteiger partial charge in [0.1, 0.15) is 17.3 Å². The summed E-state index contributed by atoms with van der Waals surface area (Å²) >= 11 is 6.38. The lowest BCUT2D eigenvalue weighted by atomic mass is 10.0. The van der Waals surface area contributed by atoms with Crippen molar-refractivity contribution >= 4 is 29.2 Å². The Hall–Kier alpha value is -3.70. The Morgan fingerprint density at radius 2 is 1.86 bits per heavy atom. The molecule has 7 nitrogen and oxygen atoms in total. The Bertz CT molecular complexity index is 1390. The first kappa shape index (κ1) is 24.0. The molecule has 1 aliphatic carbocycles. The molecule has 0 spiro atoms. The van der Waals surface area contributed by atoms with Crippen LogP contribution in [0.1, 0.15) is 53.0 Å². The van der Waals surface area contributed by atoms with Crippen LogP contribution in [0.15, 0.2) is 42.7 Å². The number of hydrogen-bond donors (Lipinski definition) is 1. The van der Waals surface area contributed by atoms with Gasteiger partial charge in [-0.2, -0.15) is 5.10 Å². The number of nitrogens with one attached hydrogen (secondary N) is 1. The molecular formula is C27H25ClFN5O2. The Kier molecular flexibility index (Phi) is 6.50.